The molecule has 0 radical (unpaired) electrons. The summed E-state index contributed by atoms with van der Waals surface area (Å²) in [5.41, 5.74) is 4.21. The van der Waals surface area contributed by atoms with E-state index in [9.17, 15) is 4.79 Å². The Morgan fingerprint density at radius 1 is 1.14 bits per heavy atom. The van der Waals surface area contributed by atoms with Crippen molar-refractivity contribution in [2.24, 2.45) is 0 Å². The van der Waals surface area contributed by atoms with E-state index in [0.717, 1.165) is 28.9 Å². The van der Waals surface area contributed by atoms with Crippen molar-refractivity contribution in [2.45, 2.75) is 25.7 Å². The summed E-state index contributed by atoms with van der Waals surface area (Å²) < 4.78 is 5.39. The van der Waals surface area contributed by atoms with Crippen LogP contribution in [0.3, 0.4) is 0 Å². The maximum Gasteiger partial charge on any atom is 0.313 e. The molecular formula is C18H19NO2. The molecule has 0 spiro atoms. The SMILES string of the molecule is CCCOC(=O)C1Cc2ccccc2Nc2ccccc21. The zero-order valence-corrected chi connectivity index (χ0v) is 12.1. The van der Waals surface area contributed by atoms with E-state index in [0.29, 0.717) is 13.0 Å². The number of fused-ring (bicyclic) bond motifs is 2. The molecule has 0 fully saturated rings. The predicted molar refractivity (Wildman–Crippen MR) is 83.9 cm³/mol. The Bertz CT molecular complexity index is 651. The molecule has 0 saturated heterocycles. The van der Waals surface area contributed by atoms with Crippen LogP contribution >= 0.6 is 0 Å². The zero-order valence-electron chi connectivity index (χ0n) is 12.1. The maximum atomic E-state index is 12.4. The summed E-state index contributed by atoms with van der Waals surface area (Å²) in [4.78, 5) is 12.4. The van der Waals surface area contributed by atoms with Crippen LogP contribution in [-0.2, 0) is 16.0 Å². The summed E-state index contributed by atoms with van der Waals surface area (Å²) in [6.07, 6.45) is 1.51. The van der Waals surface area contributed by atoms with Crippen molar-refractivity contribution in [1.82, 2.24) is 0 Å². The van der Waals surface area contributed by atoms with E-state index in [1.54, 1.807) is 0 Å². The average molecular weight is 281 g/mol. The van der Waals surface area contributed by atoms with Crippen molar-refractivity contribution in [1.29, 1.82) is 0 Å². The third-order valence-electron chi connectivity index (χ3n) is 3.78. The van der Waals surface area contributed by atoms with Gasteiger partial charge in [-0.05, 0) is 36.1 Å². The predicted octanol–water partition coefficient (Wildman–Crippen LogP) is 4.02. The molecule has 1 atom stereocenters. The van der Waals surface area contributed by atoms with Gasteiger partial charge in [0.15, 0.2) is 0 Å². The average Bonchev–Trinajstić information content (AvgIpc) is 2.69. The van der Waals surface area contributed by atoms with E-state index < -0.39 is 0 Å². The summed E-state index contributed by atoms with van der Waals surface area (Å²) in [5, 5.41) is 3.44. The first-order valence-electron chi connectivity index (χ1n) is 7.40. The molecule has 2 aromatic rings. The van der Waals surface area contributed by atoms with Crippen molar-refractivity contribution in [3.8, 4) is 0 Å². The summed E-state index contributed by atoms with van der Waals surface area (Å²) >= 11 is 0. The number of anilines is 2. The first kappa shape index (κ1) is 13.7. The Balaban J connectivity index is 2.01. The molecule has 0 aliphatic carbocycles. The van der Waals surface area contributed by atoms with Gasteiger partial charge in [-0.15, -0.1) is 0 Å². The number of hydrogen-bond acceptors (Lipinski definition) is 3. The highest BCUT2D eigenvalue weighted by Gasteiger charge is 2.28. The fraction of sp³-hybridized carbons (Fsp3) is 0.278. The smallest absolute Gasteiger partial charge is 0.313 e. The molecule has 0 amide bonds. The standard InChI is InChI=1S/C18H19NO2/c1-2-11-21-18(20)15-12-13-7-3-5-9-16(13)19-17-10-6-4-8-14(15)17/h3-10,15,19H,2,11-12H2,1H3. The van der Waals surface area contributed by atoms with Crippen molar-refractivity contribution < 1.29 is 9.53 Å². The Hall–Kier alpha value is -2.29. The van der Waals surface area contributed by atoms with E-state index >= 15 is 0 Å². The lowest BCUT2D eigenvalue weighted by Crippen LogP contribution is -2.18. The molecule has 1 aliphatic heterocycles. The second-order valence-electron chi connectivity index (χ2n) is 5.29. The van der Waals surface area contributed by atoms with Gasteiger partial charge in [0.1, 0.15) is 0 Å². The van der Waals surface area contributed by atoms with Gasteiger partial charge in [-0.2, -0.15) is 0 Å². The Kier molecular flexibility index (Phi) is 3.91. The summed E-state index contributed by atoms with van der Waals surface area (Å²) in [6, 6.07) is 16.1. The van der Waals surface area contributed by atoms with E-state index in [-0.39, 0.29) is 11.9 Å². The van der Waals surface area contributed by atoms with Gasteiger partial charge in [0.05, 0.1) is 12.5 Å². The van der Waals surface area contributed by atoms with E-state index in [2.05, 4.69) is 11.4 Å². The Morgan fingerprint density at radius 3 is 2.67 bits per heavy atom. The summed E-state index contributed by atoms with van der Waals surface area (Å²) in [7, 11) is 0. The number of nitrogens with one attached hydrogen (secondary N) is 1. The summed E-state index contributed by atoms with van der Waals surface area (Å²) in [5.74, 6) is -0.383. The number of hydrogen-bond donors (Lipinski definition) is 1. The quantitative estimate of drug-likeness (QED) is 0.863. The number of para-hydroxylation sites is 2. The number of ether oxygens (including phenoxy) is 1. The topological polar surface area (TPSA) is 38.3 Å². The number of rotatable bonds is 3. The van der Waals surface area contributed by atoms with Crippen molar-refractivity contribution in [3.63, 3.8) is 0 Å². The first-order chi connectivity index (χ1) is 10.3. The fourth-order valence-corrected chi connectivity index (χ4v) is 2.72. The molecule has 0 bridgehead atoms. The molecule has 0 saturated carbocycles. The Labute approximate surface area is 124 Å². The summed E-state index contributed by atoms with van der Waals surface area (Å²) in [6.45, 7) is 2.48. The maximum absolute atomic E-state index is 12.4. The molecule has 1 unspecified atom stereocenters. The van der Waals surface area contributed by atoms with Gasteiger partial charge in [-0.1, -0.05) is 43.3 Å². The molecule has 0 aromatic heterocycles. The molecule has 3 heteroatoms. The minimum absolute atomic E-state index is 0.136. The van der Waals surface area contributed by atoms with Gasteiger partial charge in [-0.25, -0.2) is 0 Å². The van der Waals surface area contributed by atoms with Gasteiger partial charge in [-0.3, -0.25) is 4.79 Å². The van der Waals surface area contributed by atoms with Gasteiger partial charge in [0.25, 0.3) is 0 Å². The zero-order chi connectivity index (χ0) is 14.7. The lowest BCUT2D eigenvalue weighted by molar-refractivity contribution is -0.145. The minimum atomic E-state index is -0.246. The first-order valence-corrected chi connectivity index (χ1v) is 7.40. The van der Waals surface area contributed by atoms with E-state index in [4.69, 9.17) is 4.74 Å². The van der Waals surface area contributed by atoms with Crippen molar-refractivity contribution in [2.75, 3.05) is 11.9 Å². The fourth-order valence-electron chi connectivity index (χ4n) is 2.72. The molecular weight excluding hydrogens is 262 g/mol. The molecule has 21 heavy (non-hydrogen) atoms. The minimum Gasteiger partial charge on any atom is -0.465 e. The molecule has 108 valence electrons. The van der Waals surface area contributed by atoms with Crippen LogP contribution in [-0.4, -0.2) is 12.6 Å². The lowest BCUT2D eigenvalue weighted by Gasteiger charge is -2.16. The van der Waals surface area contributed by atoms with Gasteiger partial charge in [0.2, 0.25) is 0 Å². The highest BCUT2D eigenvalue weighted by molar-refractivity contribution is 5.84. The molecule has 1 aliphatic rings. The number of carbonyl (C=O) groups is 1. The molecule has 1 heterocycles. The monoisotopic (exact) mass is 281 g/mol. The van der Waals surface area contributed by atoms with Crippen LogP contribution in [0, 0.1) is 0 Å². The van der Waals surface area contributed by atoms with Crippen molar-refractivity contribution >= 4 is 17.3 Å². The number of esters is 1. The third kappa shape index (κ3) is 2.77. The molecule has 3 nitrogen and oxygen atoms in total. The number of carbonyl (C=O) groups excluding carboxylic acids is 1. The van der Waals surface area contributed by atoms with Crippen LogP contribution < -0.4 is 5.32 Å². The molecule has 1 N–H and O–H groups in total. The van der Waals surface area contributed by atoms with Gasteiger partial charge in [0, 0.05) is 11.4 Å². The van der Waals surface area contributed by atoms with Crippen LogP contribution in [0.1, 0.15) is 30.4 Å². The van der Waals surface area contributed by atoms with Crippen LogP contribution in [0.5, 0.6) is 0 Å². The Morgan fingerprint density at radius 2 is 1.86 bits per heavy atom. The van der Waals surface area contributed by atoms with Gasteiger partial charge >= 0.3 is 5.97 Å². The normalized spacial score (nSPS) is 16.1. The third-order valence-corrected chi connectivity index (χ3v) is 3.78. The molecule has 3 rings (SSSR count). The highest BCUT2D eigenvalue weighted by atomic mass is 16.5. The number of benzene rings is 2. The largest absolute Gasteiger partial charge is 0.465 e. The molecule has 2 aromatic carbocycles. The van der Waals surface area contributed by atoms with E-state index in [1.165, 1.54) is 0 Å². The van der Waals surface area contributed by atoms with Gasteiger partial charge < -0.3 is 10.1 Å². The van der Waals surface area contributed by atoms with Crippen LogP contribution in [0.2, 0.25) is 0 Å². The van der Waals surface area contributed by atoms with E-state index in [1.807, 2.05) is 49.4 Å². The second-order valence-corrected chi connectivity index (χ2v) is 5.29. The van der Waals surface area contributed by atoms with Crippen LogP contribution in [0.25, 0.3) is 0 Å². The second kappa shape index (κ2) is 6.00. The highest BCUT2D eigenvalue weighted by Crippen LogP contribution is 2.36. The van der Waals surface area contributed by atoms with Crippen molar-refractivity contribution in [3.05, 3.63) is 59.7 Å². The van der Waals surface area contributed by atoms with Crippen LogP contribution in [0.15, 0.2) is 48.5 Å². The lowest BCUT2D eigenvalue weighted by atomic mass is 9.92. The van der Waals surface area contributed by atoms with Crippen LogP contribution in [0.4, 0.5) is 11.4 Å².